The summed E-state index contributed by atoms with van der Waals surface area (Å²) in [5, 5.41) is 18.6. The van der Waals surface area contributed by atoms with E-state index in [1.54, 1.807) is 39.0 Å². The third kappa shape index (κ3) is 11.1. The Morgan fingerprint density at radius 3 is 2.05 bits per heavy atom. The van der Waals surface area contributed by atoms with Crippen LogP contribution in [0.2, 0.25) is 0 Å². The first kappa shape index (κ1) is 45.6. The Labute approximate surface area is 366 Å². The third-order valence-electron chi connectivity index (χ3n) is 11.1. The van der Waals surface area contributed by atoms with Gasteiger partial charge in [-0.15, -0.1) is 0 Å². The van der Waals surface area contributed by atoms with Crippen LogP contribution in [-0.2, 0) is 50.0 Å². The van der Waals surface area contributed by atoms with Gasteiger partial charge in [-0.2, -0.15) is 0 Å². The predicted molar refractivity (Wildman–Crippen MR) is 240 cm³/mol. The number of amides is 5. The summed E-state index contributed by atoms with van der Waals surface area (Å²) in [6.07, 6.45) is 4.86. The van der Waals surface area contributed by atoms with Crippen LogP contribution in [0.1, 0.15) is 79.8 Å². The quantitative estimate of drug-likeness (QED) is 0.0557. The molecule has 2 atom stereocenters. The summed E-state index contributed by atoms with van der Waals surface area (Å²) in [6, 6.07) is 19.2. The standard InChI is InChI=1S/C47H55N9O7/c1-7-8-9-37-52-42-43(35-19-16-33(47(62)63)24-36(35)51-44(42)48)55(37)25-30-10-12-31(13-11-30)26-56(5,6)27-32-14-17-34(18-15-32)50-45(60)29(4)49-46(61)41(28(2)3)53-38(57)22-23-54-39(58)20-21-40(54)59/h10-21,24,28-29,41H,7-9,22-23,25-27H2,1-6H3,(H5-,48,49,50,51,53,57,60,61,62,63)/p+1. The van der Waals surface area contributed by atoms with E-state index in [0.29, 0.717) is 27.7 Å². The molecule has 0 radical (unpaired) electrons. The molecule has 2 aromatic heterocycles. The Morgan fingerprint density at radius 2 is 1.44 bits per heavy atom. The molecule has 5 aromatic rings. The minimum atomic E-state index is -1.03. The van der Waals surface area contributed by atoms with Crippen LogP contribution < -0.4 is 21.7 Å². The minimum Gasteiger partial charge on any atom is -0.478 e. The highest BCUT2D eigenvalue weighted by molar-refractivity contribution is 6.13. The Hall–Kier alpha value is -6.94. The molecule has 5 amide bonds. The van der Waals surface area contributed by atoms with E-state index in [0.717, 1.165) is 82.8 Å². The number of nitrogen functional groups attached to an aromatic ring is 1. The number of aryl methyl sites for hydroxylation is 1. The zero-order valence-electron chi connectivity index (χ0n) is 36.6. The number of imidazole rings is 1. The molecule has 0 bridgehead atoms. The number of anilines is 2. The molecule has 6 N–H and O–H groups in total. The van der Waals surface area contributed by atoms with Gasteiger partial charge >= 0.3 is 5.97 Å². The van der Waals surface area contributed by atoms with Crippen molar-refractivity contribution in [1.29, 1.82) is 0 Å². The largest absolute Gasteiger partial charge is 0.478 e. The average Bonchev–Trinajstić information content (AvgIpc) is 3.76. The van der Waals surface area contributed by atoms with Crippen molar-refractivity contribution in [3.63, 3.8) is 0 Å². The first-order chi connectivity index (χ1) is 29.9. The van der Waals surface area contributed by atoms with E-state index in [9.17, 15) is 33.9 Å². The number of fused-ring (bicyclic) bond motifs is 3. The molecule has 3 aromatic carbocycles. The van der Waals surface area contributed by atoms with E-state index in [-0.39, 0.29) is 30.3 Å². The summed E-state index contributed by atoms with van der Waals surface area (Å²) in [7, 11) is 4.31. The van der Waals surface area contributed by atoms with Crippen molar-refractivity contribution < 1.29 is 38.4 Å². The number of rotatable bonds is 19. The van der Waals surface area contributed by atoms with Gasteiger partial charge in [0.05, 0.1) is 30.7 Å². The molecular weight excluding hydrogens is 803 g/mol. The maximum atomic E-state index is 13.1. The van der Waals surface area contributed by atoms with E-state index in [1.165, 1.54) is 0 Å². The highest BCUT2D eigenvalue weighted by Gasteiger charge is 2.29. The molecule has 63 heavy (non-hydrogen) atoms. The van der Waals surface area contributed by atoms with Crippen LogP contribution in [-0.4, -0.2) is 97.3 Å². The van der Waals surface area contributed by atoms with Crippen molar-refractivity contribution in [1.82, 2.24) is 30.1 Å². The summed E-state index contributed by atoms with van der Waals surface area (Å²) < 4.78 is 2.85. The van der Waals surface area contributed by atoms with Crippen molar-refractivity contribution in [2.75, 3.05) is 31.7 Å². The van der Waals surface area contributed by atoms with Gasteiger partial charge in [-0.1, -0.05) is 63.6 Å². The third-order valence-corrected chi connectivity index (χ3v) is 11.1. The van der Waals surface area contributed by atoms with Crippen molar-refractivity contribution >= 4 is 68.9 Å². The minimum absolute atomic E-state index is 0.103. The molecule has 330 valence electrons. The Kier molecular flexibility index (Phi) is 14.0. The number of aromatic nitrogens is 3. The maximum Gasteiger partial charge on any atom is 0.335 e. The van der Waals surface area contributed by atoms with Gasteiger partial charge in [-0.25, -0.2) is 14.8 Å². The van der Waals surface area contributed by atoms with Gasteiger partial charge in [-0.05, 0) is 55.2 Å². The number of nitrogens with zero attached hydrogens (tertiary/aromatic N) is 5. The number of nitrogens with one attached hydrogen (secondary N) is 3. The normalized spacial score (nSPS) is 13.8. The topological polar surface area (TPSA) is 219 Å². The second-order valence-electron chi connectivity index (χ2n) is 17.1. The highest BCUT2D eigenvalue weighted by atomic mass is 16.4. The lowest BCUT2D eigenvalue weighted by atomic mass is 10.0. The van der Waals surface area contributed by atoms with Crippen LogP contribution in [0.25, 0.3) is 21.9 Å². The van der Waals surface area contributed by atoms with Gasteiger partial charge in [0.1, 0.15) is 36.5 Å². The van der Waals surface area contributed by atoms with Gasteiger partial charge in [0.25, 0.3) is 11.8 Å². The molecule has 2 unspecified atom stereocenters. The second-order valence-corrected chi connectivity index (χ2v) is 17.1. The van der Waals surface area contributed by atoms with Crippen molar-refractivity contribution in [2.24, 2.45) is 5.92 Å². The fourth-order valence-electron chi connectivity index (χ4n) is 7.72. The van der Waals surface area contributed by atoms with Gasteiger partial charge in [-0.3, -0.25) is 28.9 Å². The lowest BCUT2D eigenvalue weighted by Crippen LogP contribution is -2.54. The van der Waals surface area contributed by atoms with E-state index in [4.69, 9.17) is 10.7 Å². The van der Waals surface area contributed by atoms with Crippen LogP contribution in [0.15, 0.2) is 78.9 Å². The van der Waals surface area contributed by atoms with Gasteiger partial charge in [0.2, 0.25) is 17.7 Å². The molecule has 3 heterocycles. The number of carbonyl (C=O) groups excluding carboxylic acids is 5. The van der Waals surface area contributed by atoms with E-state index < -0.39 is 47.6 Å². The monoisotopic (exact) mass is 858 g/mol. The SMILES string of the molecule is CCCCc1nc2c(N)nc3cc(C(=O)O)ccc3c2n1Cc1ccc(C[N+](C)(C)Cc2ccc(NC(=O)C(C)NC(=O)C(NC(=O)CCN3C(=O)C=CC3=O)C(C)C)cc2)cc1. The van der Waals surface area contributed by atoms with E-state index >= 15 is 0 Å². The zero-order valence-corrected chi connectivity index (χ0v) is 36.6. The lowest BCUT2D eigenvalue weighted by molar-refractivity contribution is -0.916. The molecule has 16 nitrogen and oxygen atoms in total. The van der Waals surface area contributed by atoms with Crippen molar-refractivity contribution in [2.45, 2.75) is 85.1 Å². The number of carbonyl (C=O) groups is 6. The summed E-state index contributed by atoms with van der Waals surface area (Å²) >= 11 is 0. The molecule has 16 heteroatoms. The Bertz CT molecular complexity index is 2560. The number of carboxylic acid groups (broad SMARTS) is 1. The number of imide groups is 1. The number of hydrogen-bond donors (Lipinski definition) is 5. The predicted octanol–water partition coefficient (Wildman–Crippen LogP) is 4.93. The molecule has 0 fully saturated rings. The van der Waals surface area contributed by atoms with Crippen LogP contribution in [0.5, 0.6) is 0 Å². The van der Waals surface area contributed by atoms with Gasteiger partial charge in [0.15, 0.2) is 5.82 Å². The Balaban J connectivity index is 1.03. The summed E-state index contributed by atoms with van der Waals surface area (Å²) in [6.45, 7) is 9.17. The number of pyridine rings is 1. The smallest absolute Gasteiger partial charge is 0.335 e. The summed E-state index contributed by atoms with van der Waals surface area (Å²) in [5.74, 6) is -2.57. The molecule has 1 aliphatic heterocycles. The van der Waals surface area contributed by atoms with Crippen LogP contribution in [0, 0.1) is 5.92 Å². The highest BCUT2D eigenvalue weighted by Crippen LogP contribution is 2.31. The number of nitrogens with two attached hydrogens (primary N) is 1. The average molecular weight is 859 g/mol. The first-order valence-corrected chi connectivity index (χ1v) is 21.2. The number of hydrogen-bond acceptors (Lipinski definition) is 9. The molecule has 1 aliphatic rings. The maximum absolute atomic E-state index is 13.1. The molecule has 0 saturated carbocycles. The Morgan fingerprint density at radius 1 is 0.825 bits per heavy atom. The van der Waals surface area contributed by atoms with Gasteiger partial charge < -0.3 is 35.8 Å². The second kappa shape index (κ2) is 19.4. The number of benzene rings is 3. The van der Waals surface area contributed by atoms with E-state index in [1.807, 2.05) is 24.3 Å². The summed E-state index contributed by atoms with van der Waals surface area (Å²) in [4.78, 5) is 84.5. The van der Waals surface area contributed by atoms with Crippen LogP contribution in [0.4, 0.5) is 11.5 Å². The summed E-state index contributed by atoms with van der Waals surface area (Å²) in [5.41, 5.74) is 12.4. The number of quaternary nitrogens is 1. The van der Waals surface area contributed by atoms with E-state index in [2.05, 4.69) is 70.8 Å². The van der Waals surface area contributed by atoms with Gasteiger partial charge in [0, 0.05) is 60.3 Å². The molecule has 0 spiro atoms. The van der Waals surface area contributed by atoms with Crippen LogP contribution >= 0.6 is 0 Å². The number of unbranched alkanes of at least 4 members (excludes halogenated alkanes) is 1. The molecule has 6 rings (SSSR count). The molecule has 0 saturated heterocycles. The number of carboxylic acids is 1. The zero-order chi connectivity index (χ0) is 45.6. The van der Waals surface area contributed by atoms with Crippen molar-refractivity contribution in [3.05, 3.63) is 107 Å². The van der Waals surface area contributed by atoms with Crippen LogP contribution in [0.3, 0.4) is 0 Å². The van der Waals surface area contributed by atoms with Crippen molar-refractivity contribution in [3.8, 4) is 0 Å². The fourth-order valence-corrected chi connectivity index (χ4v) is 7.72. The fraction of sp³-hybridized carbons (Fsp3) is 0.362. The first-order valence-electron chi connectivity index (χ1n) is 21.2. The molecule has 0 aliphatic carbocycles. The molecular formula is C47H56N9O7+. The number of aromatic carboxylic acids is 1. The lowest BCUT2D eigenvalue weighted by Gasteiger charge is -2.30.